The third-order valence-electron chi connectivity index (χ3n) is 3.71. The molecule has 3 rings (SSSR count). The molecule has 2 aromatic carbocycles. The largest absolute Gasteiger partial charge is 0.493 e. The molecule has 1 heterocycles. The van der Waals surface area contributed by atoms with Crippen molar-refractivity contribution < 1.29 is 9.47 Å². The fourth-order valence-corrected chi connectivity index (χ4v) is 3.04. The second-order valence-electron chi connectivity index (χ2n) is 5.20. The number of nitrogens with zero attached hydrogens (tertiary/aromatic N) is 2. The van der Waals surface area contributed by atoms with Gasteiger partial charge in [0.05, 0.1) is 19.7 Å². The molecule has 1 aromatic heterocycles. The van der Waals surface area contributed by atoms with E-state index in [-0.39, 0.29) is 0 Å². The highest BCUT2D eigenvalue weighted by Gasteiger charge is 2.11. The summed E-state index contributed by atoms with van der Waals surface area (Å²) < 4.78 is 10.6. The van der Waals surface area contributed by atoms with Crippen molar-refractivity contribution in [3.05, 3.63) is 52.9 Å². The molecule has 0 aliphatic heterocycles. The molecule has 0 amide bonds. The maximum atomic E-state index is 6.32. The highest BCUT2D eigenvalue weighted by Crippen LogP contribution is 2.34. The first kappa shape index (κ1) is 17.6. The summed E-state index contributed by atoms with van der Waals surface area (Å²) in [7, 11) is 3.17. The summed E-state index contributed by atoms with van der Waals surface area (Å²) in [6.45, 7) is 0. The molecule has 4 nitrogen and oxygen atoms in total. The molecule has 0 saturated carbocycles. The lowest BCUT2D eigenvalue weighted by Crippen LogP contribution is -1.95. The smallest absolute Gasteiger partial charge is 0.162 e. The molecule has 0 fully saturated rings. The zero-order chi connectivity index (χ0) is 17.8. The second-order valence-corrected chi connectivity index (χ2v) is 6.44. The van der Waals surface area contributed by atoms with Crippen LogP contribution in [0.5, 0.6) is 11.5 Å². The average molecular weight is 373 g/mol. The van der Waals surface area contributed by atoms with Crippen molar-refractivity contribution in [3.8, 4) is 11.5 Å². The Morgan fingerprint density at radius 3 is 2.28 bits per heavy atom. The van der Waals surface area contributed by atoms with Crippen molar-refractivity contribution in [3.63, 3.8) is 0 Å². The molecule has 0 N–H and O–H groups in total. The molecule has 0 unspecified atom stereocenters. The molecule has 6 heteroatoms. The molecule has 0 aliphatic rings. The van der Waals surface area contributed by atoms with Crippen LogP contribution in [0, 0.1) is 0 Å². The topological polar surface area (TPSA) is 44.2 Å². The van der Waals surface area contributed by atoms with Gasteiger partial charge in [-0.05, 0) is 36.1 Å². The minimum absolute atomic E-state index is 0.378. The maximum absolute atomic E-state index is 6.32. The van der Waals surface area contributed by atoms with E-state index in [1.807, 2.05) is 12.2 Å². The first-order chi connectivity index (χ1) is 12.1. The van der Waals surface area contributed by atoms with Crippen molar-refractivity contribution in [1.29, 1.82) is 0 Å². The predicted octanol–water partition coefficient (Wildman–Crippen LogP) is 5.19. The van der Waals surface area contributed by atoms with E-state index in [0.29, 0.717) is 28.0 Å². The minimum atomic E-state index is 0.378. The van der Waals surface area contributed by atoms with Gasteiger partial charge in [-0.2, -0.15) is 0 Å². The molecule has 0 aliphatic carbocycles. The third kappa shape index (κ3) is 3.89. The average Bonchev–Trinajstić information content (AvgIpc) is 2.65. The Morgan fingerprint density at radius 1 is 0.960 bits per heavy atom. The van der Waals surface area contributed by atoms with Gasteiger partial charge in [0, 0.05) is 16.3 Å². The van der Waals surface area contributed by atoms with Gasteiger partial charge in [0.1, 0.15) is 5.15 Å². The molecule has 25 heavy (non-hydrogen) atoms. The molecule has 0 bridgehead atoms. The van der Waals surface area contributed by atoms with Crippen molar-refractivity contribution in [2.75, 3.05) is 20.5 Å². The van der Waals surface area contributed by atoms with Crippen LogP contribution in [-0.4, -0.2) is 30.4 Å². The molecule has 0 radical (unpaired) electrons. The summed E-state index contributed by atoms with van der Waals surface area (Å²) in [4.78, 5) is 10.1. The van der Waals surface area contributed by atoms with Gasteiger partial charge in [0.15, 0.2) is 17.3 Å². The summed E-state index contributed by atoms with van der Waals surface area (Å²) in [6.07, 6.45) is 5.86. The number of ether oxygens (including phenoxy) is 2. The van der Waals surface area contributed by atoms with E-state index in [0.717, 1.165) is 10.9 Å². The number of halogens is 1. The zero-order valence-electron chi connectivity index (χ0n) is 14.1. The van der Waals surface area contributed by atoms with Gasteiger partial charge in [0.25, 0.3) is 0 Å². The van der Waals surface area contributed by atoms with Crippen LogP contribution in [0.4, 0.5) is 0 Å². The molecule has 0 spiro atoms. The van der Waals surface area contributed by atoms with Crippen LogP contribution in [0.15, 0.2) is 41.3 Å². The maximum Gasteiger partial charge on any atom is 0.162 e. The molecule has 3 aromatic rings. The summed E-state index contributed by atoms with van der Waals surface area (Å²) in [5.74, 6) is 1.74. The Morgan fingerprint density at radius 2 is 1.64 bits per heavy atom. The number of thioether (sulfide) groups is 1. The first-order valence-electron chi connectivity index (χ1n) is 7.56. The predicted molar refractivity (Wildman–Crippen MR) is 105 cm³/mol. The van der Waals surface area contributed by atoms with E-state index >= 15 is 0 Å². The number of fused-ring (bicyclic) bond motifs is 1. The Hall–Kier alpha value is -2.24. The van der Waals surface area contributed by atoms with Gasteiger partial charge in [-0.1, -0.05) is 29.8 Å². The molecular formula is C19H17ClN2O2S. The van der Waals surface area contributed by atoms with E-state index in [1.165, 1.54) is 4.90 Å². The Labute approximate surface area is 155 Å². The lowest BCUT2D eigenvalue weighted by molar-refractivity contribution is 0.356. The summed E-state index contributed by atoms with van der Waals surface area (Å²) in [6, 6.07) is 11.8. The third-order valence-corrected chi connectivity index (χ3v) is 4.74. The lowest BCUT2D eigenvalue weighted by atomic mass is 10.2. The highest BCUT2D eigenvalue weighted by atomic mass is 35.5. The van der Waals surface area contributed by atoms with Crippen LogP contribution in [-0.2, 0) is 0 Å². The number of hydrogen-bond acceptors (Lipinski definition) is 5. The van der Waals surface area contributed by atoms with Crippen molar-refractivity contribution in [2.24, 2.45) is 0 Å². The van der Waals surface area contributed by atoms with Crippen molar-refractivity contribution >= 4 is 46.4 Å². The van der Waals surface area contributed by atoms with Gasteiger partial charge in [-0.15, -0.1) is 11.8 Å². The summed E-state index contributed by atoms with van der Waals surface area (Å²) in [5, 5.41) is 1.10. The van der Waals surface area contributed by atoms with Crippen molar-refractivity contribution in [1.82, 2.24) is 9.97 Å². The highest BCUT2D eigenvalue weighted by molar-refractivity contribution is 7.98. The van der Waals surface area contributed by atoms with Crippen LogP contribution < -0.4 is 9.47 Å². The van der Waals surface area contributed by atoms with E-state index in [9.17, 15) is 0 Å². The second kappa shape index (κ2) is 7.76. The molecular weight excluding hydrogens is 356 g/mol. The SMILES string of the molecule is COc1cc2nc(/C=C/c3ccc(SC)cc3)nc(Cl)c2cc1OC. The van der Waals surface area contributed by atoms with E-state index in [4.69, 9.17) is 21.1 Å². The minimum Gasteiger partial charge on any atom is -0.493 e. The monoisotopic (exact) mass is 372 g/mol. The number of methoxy groups -OCH3 is 2. The van der Waals surface area contributed by atoms with E-state index in [1.54, 1.807) is 38.1 Å². The summed E-state index contributed by atoms with van der Waals surface area (Å²) in [5.41, 5.74) is 1.78. The number of rotatable bonds is 5. The molecule has 0 saturated heterocycles. The van der Waals surface area contributed by atoms with Crippen LogP contribution in [0.2, 0.25) is 5.15 Å². The zero-order valence-corrected chi connectivity index (χ0v) is 15.7. The molecule has 128 valence electrons. The number of benzene rings is 2. The van der Waals surface area contributed by atoms with Crippen molar-refractivity contribution in [2.45, 2.75) is 4.90 Å². The Kier molecular flexibility index (Phi) is 5.46. The first-order valence-corrected chi connectivity index (χ1v) is 9.16. The van der Waals surface area contributed by atoms with Gasteiger partial charge >= 0.3 is 0 Å². The van der Waals surface area contributed by atoms with E-state index < -0.39 is 0 Å². The number of hydrogen-bond donors (Lipinski definition) is 0. The fourth-order valence-electron chi connectivity index (χ4n) is 2.40. The van der Waals surface area contributed by atoms with Crippen LogP contribution in [0.25, 0.3) is 23.1 Å². The fraction of sp³-hybridized carbons (Fsp3) is 0.158. The summed E-state index contributed by atoms with van der Waals surface area (Å²) >= 11 is 8.04. The van der Waals surface area contributed by atoms with E-state index in [2.05, 4.69) is 40.5 Å². The van der Waals surface area contributed by atoms with Gasteiger partial charge in [0.2, 0.25) is 0 Å². The number of aromatic nitrogens is 2. The van der Waals surface area contributed by atoms with Gasteiger partial charge < -0.3 is 9.47 Å². The lowest BCUT2D eigenvalue weighted by Gasteiger charge is -2.09. The Balaban J connectivity index is 1.97. The van der Waals surface area contributed by atoms with Gasteiger partial charge in [-0.25, -0.2) is 9.97 Å². The van der Waals surface area contributed by atoms with Gasteiger partial charge in [-0.3, -0.25) is 0 Å². The quantitative estimate of drug-likeness (QED) is 0.455. The van der Waals surface area contributed by atoms with Crippen LogP contribution in [0.1, 0.15) is 11.4 Å². The van der Waals surface area contributed by atoms with Crippen LogP contribution in [0.3, 0.4) is 0 Å². The van der Waals surface area contributed by atoms with Crippen LogP contribution >= 0.6 is 23.4 Å². The standard InChI is InChI=1S/C19H17ClN2O2S/c1-23-16-10-14-15(11-17(16)24-2)21-18(22-19(14)20)9-6-12-4-7-13(25-3)8-5-12/h4-11H,1-3H3/b9-6+. The normalized spacial score (nSPS) is 11.2. The molecule has 0 atom stereocenters. The Bertz CT molecular complexity index is 927.